The van der Waals surface area contributed by atoms with Crippen LogP contribution in [0.1, 0.15) is 45.5 Å². The van der Waals surface area contributed by atoms with Gasteiger partial charge in [0.1, 0.15) is 5.65 Å². The second-order valence-corrected chi connectivity index (χ2v) is 9.26. The van der Waals surface area contributed by atoms with Gasteiger partial charge in [-0.3, -0.25) is 4.40 Å². The van der Waals surface area contributed by atoms with Crippen molar-refractivity contribution in [3.05, 3.63) is 131 Å². The van der Waals surface area contributed by atoms with Crippen LogP contribution in [0.5, 0.6) is 0 Å². The van der Waals surface area contributed by atoms with Gasteiger partial charge in [0.25, 0.3) is 0 Å². The van der Waals surface area contributed by atoms with E-state index in [1.807, 2.05) is 0 Å². The summed E-state index contributed by atoms with van der Waals surface area (Å²) < 4.78 is 2.48. The van der Waals surface area contributed by atoms with Gasteiger partial charge >= 0.3 is 0 Å². The Bertz CT molecular complexity index is 1680. The molecule has 1 aliphatic rings. The van der Waals surface area contributed by atoms with Crippen LogP contribution in [0.4, 0.5) is 0 Å². The lowest BCUT2D eigenvalue weighted by Gasteiger charge is -2.35. The smallest absolute Gasteiger partial charge is 0.145 e. The van der Waals surface area contributed by atoms with Crippen molar-refractivity contribution in [2.24, 2.45) is 0 Å². The van der Waals surface area contributed by atoms with E-state index in [-0.39, 0.29) is 11.8 Å². The van der Waals surface area contributed by atoms with Crippen molar-refractivity contribution in [3.8, 4) is 0 Å². The zero-order valence-corrected chi connectivity index (χ0v) is 18.8. The standard InChI is InChI=1S/C31H24N2/c1-19-17-18-25-27(21-11-5-3-6-12-21)28(22-13-7-4-8-14-22)29-20(2)32-31-24-16-10-9-15-23(24)26(19)30(25)33(29)31/h3-18,27-28H,1-2H3. The second-order valence-electron chi connectivity index (χ2n) is 9.26. The maximum absolute atomic E-state index is 5.19. The van der Waals surface area contributed by atoms with Crippen LogP contribution in [0.2, 0.25) is 0 Å². The summed E-state index contributed by atoms with van der Waals surface area (Å²) in [5.41, 5.74) is 10.2. The Morgan fingerprint density at radius 3 is 1.94 bits per heavy atom. The number of benzene rings is 4. The first-order chi connectivity index (χ1) is 16.2. The Balaban J connectivity index is 1.74. The monoisotopic (exact) mass is 424 g/mol. The molecule has 4 aromatic carbocycles. The number of nitrogens with zero attached hydrogens (tertiary/aromatic N) is 2. The molecule has 33 heavy (non-hydrogen) atoms. The Kier molecular flexibility index (Phi) is 3.84. The van der Waals surface area contributed by atoms with Gasteiger partial charge in [-0.05, 0) is 41.5 Å². The van der Waals surface area contributed by atoms with Crippen LogP contribution in [-0.2, 0) is 0 Å². The highest BCUT2D eigenvalue weighted by Crippen LogP contribution is 2.51. The molecule has 1 aliphatic heterocycles. The number of aromatic nitrogens is 2. The first-order valence-corrected chi connectivity index (χ1v) is 11.7. The molecule has 2 atom stereocenters. The Hall–Kier alpha value is -3.91. The van der Waals surface area contributed by atoms with E-state index in [1.165, 1.54) is 49.6 Å². The van der Waals surface area contributed by atoms with Crippen molar-refractivity contribution in [1.29, 1.82) is 0 Å². The predicted molar refractivity (Wildman–Crippen MR) is 136 cm³/mol. The van der Waals surface area contributed by atoms with E-state index in [4.69, 9.17) is 4.98 Å². The molecule has 0 saturated heterocycles. The third-order valence-corrected chi connectivity index (χ3v) is 7.46. The highest BCUT2D eigenvalue weighted by molar-refractivity contribution is 6.14. The lowest BCUT2D eigenvalue weighted by molar-refractivity contribution is 0.652. The summed E-state index contributed by atoms with van der Waals surface area (Å²) >= 11 is 0. The molecule has 2 unspecified atom stereocenters. The second kappa shape index (κ2) is 6.79. The van der Waals surface area contributed by atoms with Gasteiger partial charge in [-0.1, -0.05) is 97.1 Å². The molecule has 0 aliphatic carbocycles. The lowest BCUT2D eigenvalue weighted by Crippen LogP contribution is -2.22. The summed E-state index contributed by atoms with van der Waals surface area (Å²) in [4.78, 5) is 5.19. The van der Waals surface area contributed by atoms with E-state index >= 15 is 0 Å². The molecular weight excluding hydrogens is 400 g/mol. The molecule has 2 aromatic heterocycles. The van der Waals surface area contributed by atoms with Crippen LogP contribution < -0.4 is 0 Å². The first-order valence-electron chi connectivity index (χ1n) is 11.7. The summed E-state index contributed by atoms with van der Waals surface area (Å²) in [7, 11) is 0. The normalized spacial score (nSPS) is 17.4. The number of aryl methyl sites for hydroxylation is 2. The van der Waals surface area contributed by atoms with Gasteiger partial charge in [0, 0.05) is 22.6 Å². The number of fused-ring (bicyclic) bond motifs is 3. The van der Waals surface area contributed by atoms with Crippen molar-refractivity contribution in [3.63, 3.8) is 0 Å². The van der Waals surface area contributed by atoms with Crippen molar-refractivity contribution < 1.29 is 0 Å². The molecule has 2 nitrogen and oxygen atoms in total. The summed E-state index contributed by atoms with van der Waals surface area (Å²) in [6.45, 7) is 4.42. The van der Waals surface area contributed by atoms with Gasteiger partial charge in [-0.2, -0.15) is 0 Å². The molecule has 3 heterocycles. The molecule has 0 N–H and O–H groups in total. The van der Waals surface area contributed by atoms with E-state index in [0.717, 1.165) is 11.3 Å². The largest absolute Gasteiger partial charge is 0.295 e. The molecule has 0 bridgehead atoms. The van der Waals surface area contributed by atoms with Crippen LogP contribution in [-0.4, -0.2) is 9.38 Å². The van der Waals surface area contributed by atoms with Gasteiger partial charge in [0.15, 0.2) is 0 Å². The van der Waals surface area contributed by atoms with Crippen LogP contribution in [0.15, 0.2) is 97.1 Å². The predicted octanol–water partition coefficient (Wildman–Crippen LogP) is 7.53. The first kappa shape index (κ1) is 18.6. The van der Waals surface area contributed by atoms with E-state index in [0.29, 0.717) is 0 Å². The Morgan fingerprint density at radius 1 is 0.636 bits per heavy atom. The Labute approximate surface area is 193 Å². The van der Waals surface area contributed by atoms with E-state index < -0.39 is 0 Å². The number of hydrogen-bond donors (Lipinski definition) is 0. The summed E-state index contributed by atoms with van der Waals surface area (Å²) in [6, 6.07) is 35.4. The van der Waals surface area contributed by atoms with E-state index in [1.54, 1.807) is 0 Å². The summed E-state index contributed by atoms with van der Waals surface area (Å²) in [6.07, 6.45) is 0. The van der Waals surface area contributed by atoms with Gasteiger partial charge in [-0.25, -0.2) is 4.98 Å². The SMILES string of the molecule is Cc1nc2c3ccccc3c3c(C)ccc4c3n2c1C(c1ccccc1)C4c1ccccc1. The minimum atomic E-state index is 0.197. The van der Waals surface area contributed by atoms with Gasteiger partial charge < -0.3 is 0 Å². The van der Waals surface area contributed by atoms with Gasteiger partial charge in [-0.15, -0.1) is 0 Å². The van der Waals surface area contributed by atoms with Gasteiger partial charge in [0.05, 0.1) is 16.9 Å². The maximum Gasteiger partial charge on any atom is 0.145 e. The highest BCUT2D eigenvalue weighted by Gasteiger charge is 2.38. The van der Waals surface area contributed by atoms with Crippen molar-refractivity contribution in [2.75, 3.05) is 0 Å². The molecule has 0 saturated carbocycles. The molecule has 158 valence electrons. The zero-order chi connectivity index (χ0) is 22.1. The minimum Gasteiger partial charge on any atom is -0.295 e. The molecule has 2 heteroatoms. The Morgan fingerprint density at radius 2 is 1.24 bits per heavy atom. The fourth-order valence-electron chi connectivity index (χ4n) is 6.13. The fraction of sp³-hybridized carbons (Fsp3) is 0.129. The number of hydrogen-bond acceptors (Lipinski definition) is 1. The molecule has 0 radical (unpaired) electrons. The third-order valence-electron chi connectivity index (χ3n) is 7.46. The number of rotatable bonds is 2. The molecule has 6 aromatic rings. The summed E-state index contributed by atoms with van der Waals surface area (Å²) in [5.74, 6) is 0.423. The van der Waals surface area contributed by atoms with Crippen LogP contribution in [0.25, 0.3) is 27.3 Å². The van der Waals surface area contributed by atoms with E-state index in [2.05, 4.69) is 115 Å². The topological polar surface area (TPSA) is 17.3 Å². The van der Waals surface area contributed by atoms with Crippen molar-refractivity contribution in [1.82, 2.24) is 9.38 Å². The van der Waals surface area contributed by atoms with Crippen molar-refractivity contribution >= 4 is 27.3 Å². The minimum absolute atomic E-state index is 0.197. The molecule has 0 amide bonds. The van der Waals surface area contributed by atoms with Crippen molar-refractivity contribution in [2.45, 2.75) is 25.7 Å². The lowest BCUT2D eigenvalue weighted by atomic mass is 9.72. The summed E-state index contributed by atoms with van der Waals surface area (Å²) in [5, 5.41) is 3.87. The average Bonchev–Trinajstić information content (AvgIpc) is 3.22. The third kappa shape index (κ3) is 2.46. The molecule has 0 spiro atoms. The molecule has 7 rings (SSSR count). The number of imidazole rings is 1. The fourth-order valence-corrected chi connectivity index (χ4v) is 6.13. The molecule has 0 fully saturated rings. The van der Waals surface area contributed by atoms with Crippen LogP contribution in [0.3, 0.4) is 0 Å². The average molecular weight is 425 g/mol. The zero-order valence-electron chi connectivity index (χ0n) is 18.8. The van der Waals surface area contributed by atoms with E-state index in [9.17, 15) is 0 Å². The van der Waals surface area contributed by atoms with Crippen LogP contribution >= 0.6 is 0 Å². The quantitative estimate of drug-likeness (QED) is 0.263. The molecular formula is C31H24N2. The highest BCUT2D eigenvalue weighted by atomic mass is 15.0. The number of pyridine rings is 1. The maximum atomic E-state index is 5.19. The van der Waals surface area contributed by atoms with Crippen LogP contribution in [0, 0.1) is 13.8 Å². The van der Waals surface area contributed by atoms with Gasteiger partial charge in [0.2, 0.25) is 0 Å².